The van der Waals surface area contributed by atoms with E-state index < -0.39 is 0 Å². The van der Waals surface area contributed by atoms with Crippen molar-refractivity contribution in [3.05, 3.63) is 29.6 Å². The summed E-state index contributed by atoms with van der Waals surface area (Å²) in [4.78, 5) is 4.81. The Balaban J connectivity index is 2.22. The van der Waals surface area contributed by atoms with Crippen molar-refractivity contribution in [3.63, 3.8) is 0 Å². The van der Waals surface area contributed by atoms with Crippen molar-refractivity contribution in [2.24, 2.45) is 0 Å². The van der Waals surface area contributed by atoms with Gasteiger partial charge in [0.2, 0.25) is 0 Å². The number of aromatic nitrogens is 2. The Morgan fingerprint density at radius 3 is 3.00 bits per heavy atom. The van der Waals surface area contributed by atoms with Crippen LogP contribution >= 0.6 is 11.6 Å². The third-order valence-electron chi connectivity index (χ3n) is 4.22. The van der Waals surface area contributed by atoms with Gasteiger partial charge in [-0.1, -0.05) is 12.1 Å². The summed E-state index contributed by atoms with van der Waals surface area (Å²) in [6.07, 6.45) is 3.02. The van der Waals surface area contributed by atoms with Gasteiger partial charge in [-0.15, -0.1) is 11.6 Å². The largest absolute Gasteiger partial charge is 0.379 e. The van der Waals surface area contributed by atoms with Gasteiger partial charge in [-0.25, -0.2) is 4.98 Å². The fourth-order valence-corrected chi connectivity index (χ4v) is 3.44. The molecule has 3 nitrogen and oxygen atoms in total. The first-order chi connectivity index (χ1) is 9.65. The van der Waals surface area contributed by atoms with Crippen LogP contribution in [0.15, 0.2) is 18.2 Å². The number of nitrogens with zero attached hydrogens (tertiary/aromatic N) is 2. The Morgan fingerprint density at radius 2 is 2.30 bits per heavy atom. The van der Waals surface area contributed by atoms with E-state index in [9.17, 15) is 0 Å². The van der Waals surface area contributed by atoms with Gasteiger partial charge in [-0.2, -0.15) is 0 Å². The summed E-state index contributed by atoms with van der Waals surface area (Å²) in [6, 6.07) is 6.31. The van der Waals surface area contributed by atoms with Crippen LogP contribution in [-0.4, -0.2) is 28.6 Å². The molecule has 0 radical (unpaired) electrons. The zero-order valence-electron chi connectivity index (χ0n) is 12.2. The van der Waals surface area contributed by atoms with Crippen molar-refractivity contribution in [2.45, 2.75) is 38.6 Å². The summed E-state index contributed by atoms with van der Waals surface area (Å²) in [5.41, 5.74) is 3.56. The van der Waals surface area contributed by atoms with E-state index >= 15 is 0 Å². The lowest BCUT2D eigenvalue weighted by atomic mass is 9.93. The summed E-state index contributed by atoms with van der Waals surface area (Å²) >= 11 is 5.98. The maximum atomic E-state index is 5.98. The highest BCUT2D eigenvalue weighted by Gasteiger charge is 2.33. The highest BCUT2D eigenvalue weighted by molar-refractivity contribution is 6.17. The van der Waals surface area contributed by atoms with Crippen LogP contribution in [0.2, 0.25) is 0 Å². The number of benzene rings is 1. The number of rotatable bonds is 3. The van der Waals surface area contributed by atoms with E-state index in [1.807, 2.05) is 0 Å². The van der Waals surface area contributed by atoms with Gasteiger partial charge < -0.3 is 9.30 Å². The quantitative estimate of drug-likeness (QED) is 0.808. The molecule has 2 heterocycles. The van der Waals surface area contributed by atoms with Gasteiger partial charge in [0.15, 0.2) is 0 Å². The topological polar surface area (TPSA) is 27.1 Å². The molecular formula is C16H21ClN2O. The predicted octanol–water partition coefficient (Wildman–Crippen LogP) is 3.65. The van der Waals surface area contributed by atoms with Gasteiger partial charge in [-0.05, 0) is 38.3 Å². The van der Waals surface area contributed by atoms with Gasteiger partial charge in [0, 0.05) is 18.9 Å². The molecule has 3 rings (SSSR count). The van der Waals surface area contributed by atoms with Crippen LogP contribution in [0, 0.1) is 6.92 Å². The third kappa shape index (κ3) is 2.23. The summed E-state index contributed by atoms with van der Waals surface area (Å²) in [6.45, 7) is 6.05. The molecule has 1 aromatic carbocycles. The van der Waals surface area contributed by atoms with Crippen LogP contribution in [0.4, 0.5) is 0 Å². The van der Waals surface area contributed by atoms with Crippen LogP contribution < -0.4 is 0 Å². The van der Waals surface area contributed by atoms with E-state index in [1.165, 1.54) is 11.1 Å². The maximum absolute atomic E-state index is 5.98. The molecule has 0 N–H and O–H groups in total. The summed E-state index contributed by atoms with van der Waals surface area (Å²) < 4.78 is 8.14. The van der Waals surface area contributed by atoms with Crippen LogP contribution in [0.25, 0.3) is 11.0 Å². The van der Waals surface area contributed by atoms with Gasteiger partial charge in [-0.3, -0.25) is 0 Å². The molecule has 108 valence electrons. The molecule has 0 spiro atoms. The molecule has 1 aromatic heterocycles. The van der Waals surface area contributed by atoms with E-state index in [0.717, 1.165) is 43.8 Å². The maximum Gasteiger partial charge on any atom is 0.111 e. The van der Waals surface area contributed by atoms with Crippen molar-refractivity contribution in [2.75, 3.05) is 19.1 Å². The molecule has 1 fully saturated rings. The molecule has 1 atom stereocenters. The van der Waals surface area contributed by atoms with Crippen molar-refractivity contribution >= 4 is 22.6 Å². The lowest BCUT2D eigenvalue weighted by Crippen LogP contribution is -2.40. The first kappa shape index (κ1) is 13.9. The van der Waals surface area contributed by atoms with Crippen molar-refractivity contribution in [3.8, 4) is 0 Å². The van der Waals surface area contributed by atoms with Gasteiger partial charge in [0.05, 0.1) is 23.2 Å². The second-order valence-corrected chi connectivity index (χ2v) is 6.28. The molecule has 0 amide bonds. The van der Waals surface area contributed by atoms with Gasteiger partial charge >= 0.3 is 0 Å². The van der Waals surface area contributed by atoms with Crippen molar-refractivity contribution in [1.82, 2.24) is 9.55 Å². The second-order valence-electron chi connectivity index (χ2n) is 5.90. The first-order valence-corrected chi connectivity index (χ1v) is 7.80. The summed E-state index contributed by atoms with van der Waals surface area (Å²) in [5.74, 6) is 1.68. The highest BCUT2D eigenvalue weighted by Crippen LogP contribution is 2.33. The molecule has 1 unspecified atom stereocenters. The lowest BCUT2D eigenvalue weighted by molar-refractivity contribution is 0.0102. The number of hydrogen-bond donors (Lipinski definition) is 0. The van der Waals surface area contributed by atoms with E-state index in [-0.39, 0.29) is 5.54 Å². The molecular weight excluding hydrogens is 272 g/mol. The number of ether oxygens (including phenoxy) is 1. The number of hydrogen-bond acceptors (Lipinski definition) is 2. The Bertz CT molecular complexity index is 614. The minimum absolute atomic E-state index is 0.0134. The normalized spacial score (nSPS) is 23.4. The van der Waals surface area contributed by atoms with Crippen molar-refractivity contribution < 1.29 is 4.74 Å². The number of imidazole rings is 1. The number of alkyl halides is 1. The Kier molecular flexibility index (Phi) is 3.74. The lowest BCUT2D eigenvalue weighted by Gasteiger charge is -2.37. The van der Waals surface area contributed by atoms with Crippen LogP contribution in [0.5, 0.6) is 0 Å². The average Bonchev–Trinajstić information content (AvgIpc) is 2.80. The molecule has 1 aliphatic rings. The first-order valence-electron chi connectivity index (χ1n) is 7.27. The van der Waals surface area contributed by atoms with Crippen molar-refractivity contribution in [1.29, 1.82) is 0 Å². The predicted molar refractivity (Wildman–Crippen MR) is 82.6 cm³/mol. The molecule has 0 saturated carbocycles. The van der Waals surface area contributed by atoms with E-state index in [4.69, 9.17) is 21.3 Å². The number of fused-ring (bicyclic) bond motifs is 1. The Hall–Kier alpha value is -1.06. The van der Waals surface area contributed by atoms with E-state index in [0.29, 0.717) is 5.88 Å². The zero-order valence-corrected chi connectivity index (χ0v) is 12.9. The fourth-order valence-electron chi connectivity index (χ4n) is 3.27. The van der Waals surface area contributed by atoms with Crippen LogP contribution in [0.1, 0.15) is 31.2 Å². The number of aryl methyl sites for hydroxylation is 2. The summed E-state index contributed by atoms with van der Waals surface area (Å²) in [5, 5.41) is 0. The Labute approximate surface area is 124 Å². The van der Waals surface area contributed by atoms with E-state index in [1.54, 1.807) is 0 Å². The smallest absolute Gasteiger partial charge is 0.111 e. The standard InChI is InChI=1S/C16H21ClN2O/c1-12-5-3-6-13-15(12)19(14(18-13)7-9-17)16(2)8-4-10-20-11-16/h3,5-6H,4,7-11H2,1-2H3. The van der Waals surface area contributed by atoms with Gasteiger partial charge in [0.25, 0.3) is 0 Å². The number of para-hydroxylation sites is 1. The monoisotopic (exact) mass is 292 g/mol. The molecule has 20 heavy (non-hydrogen) atoms. The Morgan fingerprint density at radius 1 is 1.45 bits per heavy atom. The van der Waals surface area contributed by atoms with Gasteiger partial charge in [0.1, 0.15) is 5.82 Å². The molecule has 0 bridgehead atoms. The molecule has 4 heteroatoms. The van der Waals surface area contributed by atoms with E-state index in [2.05, 4.69) is 36.6 Å². The zero-order chi connectivity index (χ0) is 14.2. The minimum Gasteiger partial charge on any atom is -0.379 e. The fraction of sp³-hybridized carbons (Fsp3) is 0.562. The number of halogens is 1. The third-order valence-corrected chi connectivity index (χ3v) is 4.41. The summed E-state index contributed by atoms with van der Waals surface area (Å²) in [7, 11) is 0. The molecule has 0 aliphatic carbocycles. The SMILES string of the molecule is Cc1cccc2nc(CCCl)n(C3(C)CCCOC3)c12. The van der Waals surface area contributed by atoms with Crippen LogP contribution in [0.3, 0.4) is 0 Å². The molecule has 1 aliphatic heterocycles. The van der Waals surface area contributed by atoms with Crippen LogP contribution in [-0.2, 0) is 16.7 Å². The second kappa shape index (κ2) is 5.38. The molecule has 2 aromatic rings. The molecule has 1 saturated heterocycles. The highest BCUT2D eigenvalue weighted by atomic mass is 35.5. The minimum atomic E-state index is -0.0134. The average molecular weight is 293 g/mol.